The molecule has 0 bridgehead atoms. The van der Waals surface area contributed by atoms with E-state index in [9.17, 15) is 15.3 Å². The average molecular weight is 339 g/mol. The lowest BCUT2D eigenvalue weighted by Crippen LogP contribution is -2.43. The van der Waals surface area contributed by atoms with Gasteiger partial charge in [-0.25, -0.2) is 15.0 Å². The van der Waals surface area contributed by atoms with Crippen LogP contribution in [0.15, 0.2) is 12.7 Å². The molecule has 0 radical (unpaired) electrons. The van der Waals surface area contributed by atoms with Crippen LogP contribution in [0, 0.1) is 5.92 Å². The molecule has 3 heterocycles. The van der Waals surface area contributed by atoms with E-state index in [1.165, 1.54) is 24.3 Å². The maximum Gasteiger partial charge on any atom is 0.167 e. The number of hydrogen-bond donors (Lipinski definition) is 4. The number of anilines is 1. The van der Waals surface area contributed by atoms with Crippen molar-refractivity contribution in [2.75, 3.05) is 19.5 Å². The van der Waals surface area contributed by atoms with E-state index in [1.807, 2.05) is 0 Å². The number of hydrogen-bond acceptors (Lipinski definition) is 9. The molecule has 0 amide bonds. The summed E-state index contributed by atoms with van der Waals surface area (Å²) in [6.45, 7) is 1.63. The summed E-state index contributed by atoms with van der Waals surface area (Å²) < 4.78 is 12.7. The fourth-order valence-corrected chi connectivity index (χ4v) is 3.04. The molecule has 6 atom stereocenters. The normalized spacial score (nSPS) is 29.9. The second-order valence-electron chi connectivity index (χ2n) is 5.92. The minimum absolute atomic E-state index is 0.135. The molecule has 2 aromatic rings. The summed E-state index contributed by atoms with van der Waals surface area (Å²) in [5.41, 5.74) is 6.54. The minimum atomic E-state index is -1.22. The summed E-state index contributed by atoms with van der Waals surface area (Å²) in [5.74, 6) is -0.0647. The molecule has 2 aromatic heterocycles. The lowest BCUT2D eigenvalue weighted by atomic mass is 9.96. The van der Waals surface area contributed by atoms with Crippen LogP contribution in [-0.4, -0.2) is 73.0 Å². The van der Waals surface area contributed by atoms with Gasteiger partial charge in [0, 0.05) is 19.6 Å². The predicted octanol–water partition coefficient (Wildman–Crippen LogP) is -1.33. The topological polar surface area (TPSA) is 149 Å². The van der Waals surface area contributed by atoms with Gasteiger partial charge >= 0.3 is 0 Å². The highest BCUT2D eigenvalue weighted by Gasteiger charge is 2.48. The van der Waals surface area contributed by atoms with Crippen LogP contribution in [-0.2, 0) is 9.47 Å². The molecule has 0 aromatic carbocycles. The van der Waals surface area contributed by atoms with Gasteiger partial charge in [-0.3, -0.25) is 4.57 Å². The van der Waals surface area contributed by atoms with E-state index in [2.05, 4.69) is 15.0 Å². The molecule has 10 heteroatoms. The van der Waals surface area contributed by atoms with Crippen molar-refractivity contribution in [1.82, 2.24) is 19.5 Å². The molecule has 1 unspecified atom stereocenters. The van der Waals surface area contributed by atoms with Gasteiger partial charge in [0.05, 0.1) is 12.4 Å². The van der Waals surface area contributed by atoms with E-state index in [0.717, 1.165) is 0 Å². The van der Waals surface area contributed by atoms with Crippen molar-refractivity contribution < 1.29 is 24.8 Å². The second-order valence-corrected chi connectivity index (χ2v) is 5.92. The van der Waals surface area contributed by atoms with Crippen molar-refractivity contribution in [2.24, 2.45) is 5.92 Å². The first-order valence-corrected chi connectivity index (χ1v) is 7.57. The van der Waals surface area contributed by atoms with Gasteiger partial charge in [-0.2, -0.15) is 0 Å². The number of fused-ring (bicyclic) bond motifs is 1. The second kappa shape index (κ2) is 6.57. The first kappa shape index (κ1) is 17.0. The van der Waals surface area contributed by atoms with E-state index in [0.29, 0.717) is 11.2 Å². The van der Waals surface area contributed by atoms with Gasteiger partial charge in [0.1, 0.15) is 30.2 Å². The number of aliphatic hydroxyl groups excluding tert-OH is 3. The summed E-state index contributed by atoms with van der Waals surface area (Å²) in [6, 6.07) is 0. The summed E-state index contributed by atoms with van der Waals surface area (Å²) in [7, 11) is 1.47. The third-order valence-electron chi connectivity index (χ3n) is 4.38. The van der Waals surface area contributed by atoms with Gasteiger partial charge in [0.2, 0.25) is 0 Å². The summed E-state index contributed by atoms with van der Waals surface area (Å²) in [4.78, 5) is 12.1. The molecule has 10 nitrogen and oxygen atoms in total. The van der Waals surface area contributed by atoms with Gasteiger partial charge in [0.15, 0.2) is 17.7 Å². The summed E-state index contributed by atoms with van der Waals surface area (Å²) >= 11 is 0. The standard InChI is InChI=1S/C14H21N5O5/c1-6(3-20)10(23-2)11-8(21)9(22)14(24-11)19-5-18-7-12(15)16-4-17-13(7)19/h4-6,8-11,14,20-22H,3H2,1-2H3,(H2,15,16,17)/t6-,8+,9-,10?,11+,14-/m1/s1. The number of nitrogens with two attached hydrogens (primary N) is 1. The Labute approximate surface area is 137 Å². The molecular formula is C14H21N5O5. The van der Waals surface area contributed by atoms with E-state index in [-0.39, 0.29) is 18.3 Å². The van der Waals surface area contributed by atoms with Crippen LogP contribution >= 0.6 is 0 Å². The number of methoxy groups -OCH3 is 1. The highest BCUT2D eigenvalue weighted by Crippen LogP contribution is 2.35. The highest BCUT2D eigenvalue weighted by molar-refractivity contribution is 5.81. The maximum atomic E-state index is 10.4. The van der Waals surface area contributed by atoms with E-state index < -0.39 is 30.6 Å². The average Bonchev–Trinajstić information content (AvgIpc) is 3.13. The number of rotatable bonds is 5. The lowest BCUT2D eigenvalue weighted by Gasteiger charge is -2.28. The lowest BCUT2D eigenvalue weighted by molar-refractivity contribution is -0.117. The van der Waals surface area contributed by atoms with Crippen LogP contribution in [0.2, 0.25) is 0 Å². The van der Waals surface area contributed by atoms with Crippen molar-refractivity contribution >= 4 is 17.0 Å². The number of aromatic nitrogens is 4. The van der Waals surface area contributed by atoms with E-state index >= 15 is 0 Å². The number of ether oxygens (including phenoxy) is 2. The molecule has 5 N–H and O–H groups in total. The summed E-state index contributed by atoms with van der Waals surface area (Å²) in [5, 5.41) is 30.1. The zero-order chi connectivity index (χ0) is 17.4. The predicted molar refractivity (Wildman–Crippen MR) is 82.7 cm³/mol. The monoisotopic (exact) mass is 339 g/mol. The minimum Gasteiger partial charge on any atom is -0.396 e. The van der Waals surface area contributed by atoms with Crippen molar-refractivity contribution in [3.05, 3.63) is 12.7 Å². The van der Waals surface area contributed by atoms with Crippen molar-refractivity contribution in [3.63, 3.8) is 0 Å². The Morgan fingerprint density at radius 2 is 2.08 bits per heavy atom. The smallest absolute Gasteiger partial charge is 0.167 e. The van der Waals surface area contributed by atoms with Crippen LogP contribution in [0.5, 0.6) is 0 Å². The van der Waals surface area contributed by atoms with Gasteiger partial charge in [-0.15, -0.1) is 0 Å². The quantitative estimate of drug-likeness (QED) is 0.520. The molecule has 1 fully saturated rings. The first-order valence-electron chi connectivity index (χ1n) is 7.57. The van der Waals surface area contributed by atoms with Crippen molar-refractivity contribution in [2.45, 2.75) is 37.6 Å². The fraction of sp³-hybridized carbons (Fsp3) is 0.643. The van der Waals surface area contributed by atoms with E-state index in [1.54, 1.807) is 6.92 Å². The molecule has 132 valence electrons. The Morgan fingerprint density at radius 1 is 1.33 bits per heavy atom. The first-order chi connectivity index (χ1) is 11.5. The number of nitrogen functional groups attached to an aromatic ring is 1. The van der Waals surface area contributed by atoms with Crippen LogP contribution in [0.4, 0.5) is 5.82 Å². The van der Waals surface area contributed by atoms with Gasteiger partial charge in [0.25, 0.3) is 0 Å². The molecule has 0 saturated carbocycles. The zero-order valence-corrected chi connectivity index (χ0v) is 13.4. The molecule has 3 rings (SSSR count). The van der Waals surface area contributed by atoms with Gasteiger partial charge < -0.3 is 30.5 Å². The number of nitrogens with zero attached hydrogens (tertiary/aromatic N) is 4. The van der Waals surface area contributed by atoms with E-state index in [4.69, 9.17) is 15.2 Å². The zero-order valence-electron chi connectivity index (χ0n) is 13.4. The molecule has 24 heavy (non-hydrogen) atoms. The molecule has 0 spiro atoms. The Bertz CT molecular complexity index is 710. The third-order valence-corrected chi connectivity index (χ3v) is 4.38. The van der Waals surface area contributed by atoms with Gasteiger partial charge in [-0.05, 0) is 0 Å². The highest BCUT2D eigenvalue weighted by atomic mass is 16.6. The van der Waals surface area contributed by atoms with Crippen molar-refractivity contribution in [3.8, 4) is 0 Å². The van der Waals surface area contributed by atoms with Crippen molar-refractivity contribution in [1.29, 1.82) is 0 Å². The Balaban J connectivity index is 1.93. The van der Waals surface area contributed by atoms with Crippen LogP contribution in [0.1, 0.15) is 13.2 Å². The number of imidazole rings is 1. The molecule has 1 aliphatic heterocycles. The number of aliphatic hydroxyl groups is 3. The summed E-state index contributed by atoms with van der Waals surface area (Å²) in [6.07, 6.45) is -1.99. The molecule has 1 aliphatic rings. The largest absolute Gasteiger partial charge is 0.396 e. The fourth-order valence-electron chi connectivity index (χ4n) is 3.04. The van der Waals surface area contributed by atoms with Crippen LogP contribution < -0.4 is 5.73 Å². The van der Waals surface area contributed by atoms with Gasteiger partial charge in [-0.1, -0.05) is 6.92 Å². The SMILES string of the molecule is COC([C@H](C)CO)[C@H]1O[C@@H](n2cnc3c(N)ncnc32)[C@H](O)[C@@H]1O. The third kappa shape index (κ3) is 2.62. The maximum absolute atomic E-state index is 10.4. The Hall–Kier alpha value is -1.85. The Morgan fingerprint density at radius 3 is 2.75 bits per heavy atom. The molecule has 1 saturated heterocycles. The molecular weight excluding hydrogens is 318 g/mol. The van der Waals surface area contributed by atoms with Crippen LogP contribution in [0.3, 0.4) is 0 Å². The Kier molecular flexibility index (Phi) is 4.65. The van der Waals surface area contributed by atoms with Crippen LogP contribution in [0.25, 0.3) is 11.2 Å². The molecule has 0 aliphatic carbocycles.